The van der Waals surface area contributed by atoms with Gasteiger partial charge in [-0.1, -0.05) is 0 Å². The van der Waals surface area contributed by atoms with Crippen molar-refractivity contribution in [3.63, 3.8) is 0 Å². The van der Waals surface area contributed by atoms with E-state index in [0.717, 1.165) is 0 Å². The van der Waals surface area contributed by atoms with E-state index in [1.807, 2.05) is 0 Å². The number of ether oxygens (including phenoxy) is 3. The molecule has 1 unspecified atom stereocenters. The zero-order chi connectivity index (χ0) is 19.1. The minimum Gasteiger partial charge on any atom is -0.493 e. The molecule has 26 heavy (non-hydrogen) atoms. The summed E-state index contributed by atoms with van der Waals surface area (Å²) in [7, 11) is 2.94. The summed E-state index contributed by atoms with van der Waals surface area (Å²) in [6.45, 7) is 1.50. The molecule has 0 aromatic heterocycles. The molecule has 1 atom stereocenters. The van der Waals surface area contributed by atoms with Crippen LogP contribution in [0.15, 0.2) is 42.5 Å². The van der Waals surface area contributed by atoms with Gasteiger partial charge in [-0.2, -0.15) is 0 Å². The number of carbonyl (C=O) groups is 2. The van der Waals surface area contributed by atoms with Crippen LogP contribution < -0.4 is 25.1 Å². The van der Waals surface area contributed by atoms with Gasteiger partial charge in [-0.05, 0) is 49.4 Å². The Morgan fingerprint density at radius 1 is 0.962 bits per heavy atom. The van der Waals surface area contributed by atoms with E-state index in [9.17, 15) is 14.0 Å². The molecule has 2 rings (SSSR count). The van der Waals surface area contributed by atoms with E-state index in [1.54, 1.807) is 6.07 Å². The Kier molecular flexibility index (Phi) is 6.37. The molecule has 0 saturated heterocycles. The maximum atomic E-state index is 12.9. The maximum Gasteiger partial charge on any atom is 0.279 e. The van der Waals surface area contributed by atoms with Crippen LogP contribution in [0.5, 0.6) is 17.2 Å². The first-order chi connectivity index (χ1) is 12.4. The highest BCUT2D eigenvalue weighted by atomic mass is 19.1. The number of amides is 2. The van der Waals surface area contributed by atoms with Crippen LogP contribution in [-0.2, 0) is 4.79 Å². The van der Waals surface area contributed by atoms with Crippen LogP contribution in [0.1, 0.15) is 17.3 Å². The molecule has 8 heteroatoms. The van der Waals surface area contributed by atoms with Crippen molar-refractivity contribution in [2.75, 3.05) is 14.2 Å². The molecule has 138 valence electrons. The van der Waals surface area contributed by atoms with E-state index >= 15 is 0 Å². The molecule has 0 saturated carbocycles. The molecule has 2 aromatic rings. The summed E-state index contributed by atoms with van der Waals surface area (Å²) >= 11 is 0. The third kappa shape index (κ3) is 4.85. The summed E-state index contributed by atoms with van der Waals surface area (Å²) in [6, 6.07) is 9.84. The molecule has 2 amide bonds. The van der Waals surface area contributed by atoms with E-state index in [4.69, 9.17) is 14.2 Å². The van der Waals surface area contributed by atoms with Crippen LogP contribution in [0.25, 0.3) is 0 Å². The lowest BCUT2D eigenvalue weighted by Crippen LogP contribution is -2.47. The minimum absolute atomic E-state index is 0.273. The molecule has 0 radical (unpaired) electrons. The first kappa shape index (κ1) is 19.0. The fourth-order valence-corrected chi connectivity index (χ4v) is 2.04. The smallest absolute Gasteiger partial charge is 0.279 e. The van der Waals surface area contributed by atoms with Crippen molar-refractivity contribution < 1.29 is 28.2 Å². The van der Waals surface area contributed by atoms with Crippen molar-refractivity contribution in [1.29, 1.82) is 0 Å². The van der Waals surface area contributed by atoms with Crippen molar-refractivity contribution in [1.82, 2.24) is 10.9 Å². The Morgan fingerprint density at radius 3 is 2.23 bits per heavy atom. The van der Waals surface area contributed by atoms with Gasteiger partial charge >= 0.3 is 0 Å². The zero-order valence-corrected chi connectivity index (χ0v) is 14.5. The Hall–Kier alpha value is -3.29. The Labute approximate surface area is 150 Å². The zero-order valence-electron chi connectivity index (χ0n) is 14.5. The number of hydrogen-bond donors (Lipinski definition) is 2. The SMILES string of the molecule is COc1ccc(C(=O)NNC(=O)C(C)Oc2ccc(F)cc2)cc1OC. The Morgan fingerprint density at radius 2 is 1.62 bits per heavy atom. The second kappa shape index (κ2) is 8.70. The van der Waals surface area contributed by atoms with Crippen LogP contribution in [0.4, 0.5) is 4.39 Å². The highest BCUT2D eigenvalue weighted by Gasteiger charge is 2.17. The summed E-state index contributed by atoms with van der Waals surface area (Å²) in [6.07, 6.45) is -0.897. The number of carbonyl (C=O) groups excluding carboxylic acids is 2. The number of methoxy groups -OCH3 is 2. The summed E-state index contributed by atoms with van der Waals surface area (Å²) in [5, 5.41) is 0. The van der Waals surface area contributed by atoms with Crippen LogP contribution in [0.3, 0.4) is 0 Å². The first-order valence-corrected chi connectivity index (χ1v) is 7.69. The van der Waals surface area contributed by atoms with Crippen molar-refractivity contribution in [2.24, 2.45) is 0 Å². The number of hydrazine groups is 1. The molecule has 0 aliphatic heterocycles. The predicted molar refractivity (Wildman–Crippen MR) is 91.6 cm³/mol. The van der Waals surface area contributed by atoms with Gasteiger partial charge in [0.25, 0.3) is 11.8 Å². The average Bonchev–Trinajstić information content (AvgIpc) is 2.66. The highest BCUT2D eigenvalue weighted by Crippen LogP contribution is 2.27. The van der Waals surface area contributed by atoms with Crippen molar-refractivity contribution in [3.05, 3.63) is 53.8 Å². The van der Waals surface area contributed by atoms with E-state index in [1.165, 1.54) is 57.5 Å². The molecule has 0 spiro atoms. The molecule has 0 aliphatic carbocycles. The second-order valence-electron chi connectivity index (χ2n) is 5.23. The lowest BCUT2D eigenvalue weighted by atomic mass is 10.2. The first-order valence-electron chi connectivity index (χ1n) is 7.69. The van der Waals surface area contributed by atoms with Crippen molar-refractivity contribution in [2.45, 2.75) is 13.0 Å². The number of benzene rings is 2. The lowest BCUT2D eigenvalue weighted by Gasteiger charge is -2.15. The molecule has 0 heterocycles. The summed E-state index contributed by atoms with van der Waals surface area (Å²) in [5.41, 5.74) is 4.83. The normalized spacial score (nSPS) is 11.2. The van der Waals surface area contributed by atoms with Gasteiger partial charge in [-0.15, -0.1) is 0 Å². The number of hydrogen-bond acceptors (Lipinski definition) is 5. The molecular formula is C18H19FN2O5. The lowest BCUT2D eigenvalue weighted by molar-refractivity contribution is -0.128. The van der Waals surface area contributed by atoms with Crippen LogP contribution in [0.2, 0.25) is 0 Å². The van der Waals surface area contributed by atoms with Gasteiger partial charge in [0.15, 0.2) is 17.6 Å². The third-order valence-corrected chi connectivity index (χ3v) is 3.44. The van der Waals surface area contributed by atoms with Gasteiger partial charge in [0.1, 0.15) is 11.6 Å². The monoisotopic (exact) mass is 362 g/mol. The van der Waals surface area contributed by atoms with Gasteiger partial charge in [0.2, 0.25) is 0 Å². The van der Waals surface area contributed by atoms with Gasteiger partial charge in [-0.3, -0.25) is 20.4 Å². The molecule has 0 aliphatic rings. The highest BCUT2D eigenvalue weighted by molar-refractivity contribution is 5.96. The van der Waals surface area contributed by atoms with Gasteiger partial charge in [0.05, 0.1) is 14.2 Å². The molecule has 2 N–H and O–H groups in total. The minimum atomic E-state index is -0.897. The number of rotatable bonds is 6. The Balaban J connectivity index is 1.91. The molecule has 0 fully saturated rings. The average molecular weight is 362 g/mol. The predicted octanol–water partition coefficient (Wildman–Crippen LogP) is 2.07. The Bertz CT molecular complexity index is 780. The van der Waals surface area contributed by atoms with Crippen molar-refractivity contribution in [3.8, 4) is 17.2 Å². The summed E-state index contributed by atoms with van der Waals surface area (Å²) in [4.78, 5) is 24.1. The largest absolute Gasteiger partial charge is 0.493 e. The summed E-state index contributed by atoms with van der Waals surface area (Å²) < 4.78 is 28.5. The topological polar surface area (TPSA) is 85.9 Å². The third-order valence-electron chi connectivity index (χ3n) is 3.44. The summed E-state index contributed by atoms with van der Waals surface area (Å²) in [5.74, 6) is -0.303. The fourth-order valence-electron chi connectivity index (χ4n) is 2.04. The van der Waals surface area contributed by atoms with E-state index in [0.29, 0.717) is 17.2 Å². The number of halogens is 1. The van der Waals surface area contributed by atoms with Gasteiger partial charge < -0.3 is 14.2 Å². The second-order valence-corrected chi connectivity index (χ2v) is 5.23. The molecule has 0 bridgehead atoms. The van der Waals surface area contributed by atoms with Gasteiger partial charge in [-0.25, -0.2) is 4.39 Å². The van der Waals surface area contributed by atoms with Crippen molar-refractivity contribution >= 4 is 11.8 Å². The van der Waals surface area contributed by atoms with E-state index < -0.39 is 23.7 Å². The van der Waals surface area contributed by atoms with E-state index in [-0.39, 0.29) is 5.56 Å². The van der Waals surface area contributed by atoms with Crippen LogP contribution in [0, 0.1) is 5.82 Å². The molecule has 2 aromatic carbocycles. The van der Waals surface area contributed by atoms with Crippen LogP contribution in [-0.4, -0.2) is 32.1 Å². The standard InChI is InChI=1S/C18H19FN2O5/c1-11(26-14-7-5-13(19)6-8-14)17(22)20-21-18(23)12-4-9-15(24-2)16(10-12)25-3/h4-11H,1-3H3,(H,20,22)(H,21,23). The van der Waals surface area contributed by atoms with E-state index in [2.05, 4.69) is 10.9 Å². The molecule has 7 nitrogen and oxygen atoms in total. The van der Waals surface area contributed by atoms with Crippen LogP contribution >= 0.6 is 0 Å². The molecular weight excluding hydrogens is 343 g/mol. The maximum absolute atomic E-state index is 12.9. The fraction of sp³-hybridized carbons (Fsp3) is 0.222. The quantitative estimate of drug-likeness (QED) is 0.769. The van der Waals surface area contributed by atoms with Gasteiger partial charge in [0, 0.05) is 5.56 Å². The number of nitrogens with one attached hydrogen (secondary N) is 2.